The minimum absolute atomic E-state index is 0. The fourth-order valence-electron chi connectivity index (χ4n) is 1.75. The summed E-state index contributed by atoms with van der Waals surface area (Å²) in [6.07, 6.45) is 0. The van der Waals surface area contributed by atoms with Crippen LogP contribution < -0.4 is 0 Å². The van der Waals surface area contributed by atoms with Gasteiger partial charge in [-0.3, -0.25) is 0 Å². The van der Waals surface area contributed by atoms with Crippen LogP contribution in [0.2, 0.25) is 0 Å². The quantitative estimate of drug-likeness (QED) is 0.551. The smallest absolute Gasteiger partial charge is 0.0681 e. The van der Waals surface area contributed by atoms with Crippen LogP contribution in [-0.2, 0) is 19.8 Å². The second-order valence-electron chi connectivity index (χ2n) is 4.93. The van der Waals surface area contributed by atoms with Crippen LogP contribution in [0.5, 0.6) is 0 Å². The van der Waals surface area contributed by atoms with Crippen molar-refractivity contribution in [3.05, 3.63) is 108 Å². The Kier molecular flexibility index (Phi) is 15.6. The van der Waals surface area contributed by atoms with E-state index in [4.69, 9.17) is 15.3 Å². The third-order valence-corrected chi connectivity index (χ3v) is 3.08. The number of rotatable bonds is 3. The molecular formula is C21H24NdO3. The van der Waals surface area contributed by atoms with Crippen molar-refractivity contribution < 1.29 is 56.2 Å². The van der Waals surface area contributed by atoms with Gasteiger partial charge in [0.2, 0.25) is 0 Å². The summed E-state index contributed by atoms with van der Waals surface area (Å²) in [5, 5.41) is 25.6. The molecule has 0 fully saturated rings. The van der Waals surface area contributed by atoms with Gasteiger partial charge in [-0.05, 0) is 16.7 Å². The third-order valence-electron chi connectivity index (χ3n) is 3.08. The molecule has 130 valence electrons. The Balaban J connectivity index is 0.000000339. The second kappa shape index (κ2) is 16.4. The Hall–Kier alpha value is -1.11. The van der Waals surface area contributed by atoms with Crippen LogP contribution in [0, 0.1) is 40.8 Å². The number of aliphatic hydroxyl groups is 3. The van der Waals surface area contributed by atoms with E-state index in [0.29, 0.717) is 0 Å². The Morgan fingerprint density at radius 3 is 0.720 bits per heavy atom. The Bertz CT molecular complexity index is 537. The van der Waals surface area contributed by atoms with Crippen molar-refractivity contribution >= 4 is 0 Å². The first kappa shape index (κ1) is 23.9. The van der Waals surface area contributed by atoms with Gasteiger partial charge in [0.25, 0.3) is 0 Å². The predicted molar refractivity (Wildman–Crippen MR) is 97.1 cm³/mol. The summed E-state index contributed by atoms with van der Waals surface area (Å²) >= 11 is 0. The molecule has 25 heavy (non-hydrogen) atoms. The molecule has 3 N–H and O–H groups in total. The van der Waals surface area contributed by atoms with Crippen LogP contribution in [0.15, 0.2) is 91.0 Å². The zero-order chi connectivity index (χ0) is 17.5. The van der Waals surface area contributed by atoms with Gasteiger partial charge < -0.3 is 15.3 Å². The first-order valence-corrected chi connectivity index (χ1v) is 7.74. The molecule has 0 unspecified atom stereocenters. The molecule has 3 aromatic carbocycles. The van der Waals surface area contributed by atoms with Gasteiger partial charge in [0.1, 0.15) is 0 Å². The maximum absolute atomic E-state index is 8.54. The molecule has 0 aliphatic carbocycles. The third kappa shape index (κ3) is 12.0. The first-order chi connectivity index (χ1) is 11.8. The van der Waals surface area contributed by atoms with Crippen molar-refractivity contribution in [3.8, 4) is 0 Å². The van der Waals surface area contributed by atoms with E-state index in [-0.39, 0.29) is 60.7 Å². The zero-order valence-electron chi connectivity index (χ0n) is 14.1. The summed E-state index contributed by atoms with van der Waals surface area (Å²) in [6, 6.07) is 28.6. The molecule has 0 spiro atoms. The standard InChI is InChI=1S/3C7H8O.Nd/c3*8-6-7-4-2-1-3-5-7;/h3*1-5,8H,6H2;. The summed E-state index contributed by atoms with van der Waals surface area (Å²) in [5.74, 6) is 0. The van der Waals surface area contributed by atoms with Crippen molar-refractivity contribution in [2.75, 3.05) is 0 Å². The average Bonchev–Trinajstić information content (AvgIpc) is 2.71. The fourth-order valence-corrected chi connectivity index (χ4v) is 1.75. The molecule has 0 saturated carbocycles. The van der Waals surface area contributed by atoms with Crippen LogP contribution in [-0.4, -0.2) is 15.3 Å². The van der Waals surface area contributed by atoms with E-state index >= 15 is 0 Å². The number of benzene rings is 3. The van der Waals surface area contributed by atoms with Crippen LogP contribution in [0.4, 0.5) is 0 Å². The molecule has 4 heteroatoms. The van der Waals surface area contributed by atoms with E-state index in [1.165, 1.54) is 0 Å². The fraction of sp³-hybridized carbons (Fsp3) is 0.143. The normalized spacial score (nSPS) is 8.76. The summed E-state index contributed by atoms with van der Waals surface area (Å²) in [7, 11) is 0. The van der Waals surface area contributed by atoms with Gasteiger partial charge >= 0.3 is 0 Å². The molecule has 3 aromatic rings. The van der Waals surface area contributed by atoms with E-state index < -0.39 is 0 Å². The topological polar surface area (TPSA) is 60.7 Å². The van der Waals surface area contributed by atoms with Gasteiger partial charge in [-0.15, -0.1) is 0 Å². The van der Waals surface area contributed by atoms with Gasteiger partial charge in [0.05, 0.1) is 19.8 Å². The number of hydrogen-bond acceptors (Lipinski definition) is 3. The number of aliphatic hydroxyl groups excluding tert-OH is 3. The maximum atomic E-state index is 8.54. The molecule has 3 rings (SSSR count). The summed E-state index contributed by atoms with van der Waals surface area (Å²) in [4.78, 5) is 0. The Morgan fingerprint density at radius 1 is 0.400 bits per heavy atom. The van der Waals surface area contributed by atoms with E-state index in [0.717, 1.165) is 16.7 Å². The Morgan fingerprint density at radius 2 is 0.600 bits per heavy atom. The van der Waals surface area contributed by atoms with Gasteiger partial charge in [-0.1, -0.05) is 91.0 Å². The Labute approximate surface area is 182 Å². The van der Waals surface area contributed by atoms with E-state index in [9.17, 15) is 0 Å². The largest absolute Gasteiger partial charge is 0.392 e. The minimum atomic E-state index is 0. The molecule has 0 atom stereocenters. The average molecular weight is 469 g/mol. The molecular weight excluding hydrogens is 444 g/mol. The van der Waals surface area contributed by atoms with Gasteiger partial charge in [-0.2, -0.15) is 0 Å². The van der Waals surface area contributed by atoms with E-state index in [1.54, 1.807) is 0 Å². The zero-order valence-corrected chi connectivity index (χ0v) is 17.3. The molecule has 0 amide bonds. The first-order valence-electron chi connectivity index (χ1n) is 7.74. The molecule has 0 aliphatic rings. The van der Waals surface area contributed by atoms with Crippen molar-refractivity contribution in [2.24, 2.45) is 0 Å². The van der Waals surface area contributed by atoms with Crippen molar-refractivity contribution in [3.63, 3.8) is 0 Å². The summed E-state index contributed by atoms with van der Waals surface area (Å²) in [6.45, 7) is 0.419. The van der Waals surface area contributed by atoms with Gasteiger partial charge in [0, 0.05) is 40.8 Å². The van der Waals surface area contributed by atoms with Gasteiger partial charge in [-0.25, -0.2) is 0 Å². The molecule has 0 aliphatic heterocycles. The molecule has 0 bridgehead atoms. The SMILES string of the molecule is OCc1ccccc1.OCc1ccccc1.OCc1ccccc1.[Nd]. The maximum Gasteiger partial charge on any atom is 0.0681 e. The molecule has 0 radical (unpaired) electrons. The van der Waals surface area contributed by atoms with Crippen LogP contribution in [0.25, 0.3) is 0 Å². The predicted octanol–water partition coefficient (Wildman–Crippen LogP) is 3.54. The van der Waals surface area contributed by atoms with Crippen LogP contribution >= 0.6 is 0 Å². The minimum Gasteiger partial charge on any atom is -0.392 e. The van der Waals surface area contributed by atoms with Crippen molar-refractivity contribution in [1.82, 2.24) is 0 Å². The van der Waals surface area contributed by atoms with E-state index in [2.05, 4.69) is 0 Å². The van der Waals surface area contributed by atoms with Crippen LogP contribution in [0.3, 0.4) is 0 Å². The molecule has 0 saturated heterocycles. The van der Waals surface area contributed by atoms with E-state index in [1.807, 2.05) is 91.0 Å². The van der Waals surface area contributed by atoms with Crippen molar-refractivity contribution in [1.29, 1.82) is 0 Å². The summed E-state index contributed by atoms with van der Waals surface area (Å²) in [5.41, 5.74) is 2.90. The molecule has 0 aromatic heterocycles. The molecule has 0 heterocycles. The molecule has 3 nitrogen and oxygen atoms in total. The van der Waals surface area contributed by atoms with Gasteiger partial charge in [0.15, 0.2) is 0 Å². The van der Waals surface area contributed by atoms with Crippen molar-refractivity contribution in [2.45, 2.75) is 19.8 Å². The monoisotopic (exact) mass is 466 g/mol. The second-order valence-corrected chi connectivity index (χ2v) is 4.93. The summed E-state index contributed by atoms with van der Waals surface area (Å²) < 4.78 is 0. The number of hydrogen-bond donors (Lipinski definition) is 3. The van der Waals surface area contributed by atoms with Crippen LogP contribution in [0.1, 0.15) is 16.7 Å².